The topological polar surface area (TPSA) is 59.5 Å². The van der Waals surface area contributed by atoms with Crippen LogP contribution in [-0.4, -0.2) is 36.9 Å². The Labute approximate surface area is 137 Å². The molecule has 1 fully saturated rings. The Morgan fingerprint density at radius 2 is 1.83 bits per heavy atom. The maximum Gasteiger partial charge on any atom is 0.243 e. The van der Waals surface area contributed by atoms with E-state index in [1.807, 2.05) is 39.0 Å². The predicted octanol–water partition coefficient (Wildman–Crippen LogP) is 2.46. The second-order valence-corrected chi connectivity index (χ2v) is 7.86. The van der Waals surface area contributed by atoms with Crippen molar-refractivity contribution in [2.75, 3.05) is 13.1 Å². The maximum atomic E-state index is 12.6. The van der Waals surface area contributed by atoms with Gasteiger partial charge in [-0.15, -0.1) is 0 Å². The average molecular weight is 332 g/mol. The number of aromatic nitrogens is 1. The van der Waals surface area contributed by atoms with Crippen molar-refractivity contribution >= 4 is 10.0 Å². The minimum atomic E-state index is -3.44. The summed E-state index contributed by atoms with van der Waals surface area (Å²) in [4.78, 5) is 4.61. The van der Waals surface area contributed by atoms with Crippen LogP contribution < -0.4 is 4.74 Å². The molecule has 0 aliphatic carbocycles. The lowest BCUT2D eigenvalue weighted by Crippen LogP contribution is -2.56. The Hall–Kier alpha value is -1.92. The van der Waals surface area contributed by atoms with E-state index in [1.165, 1.54) is 4.31 Å². The van der Waals surface area contributed by atoms with Crippen LogP contribution in [-0.2, 0) is 10.0 Å². The molecule has 23 heavy (non-hydrogen) atoms. The highest BCUT2D eigenvalue weighted by atomic mass is 32.2. The number of hydrogen-bond acceptors (Lipinski definition) is 4. The van der Waals surface area contributed by atoms with E-state index in [0.29, 0.717) is 23.9 Å². The fraction of sp³-hybridized carbons (Fsp3) is 0.353. The molecule has 1 aromatic carbocycles. The Morgan fingerprint density at radius 1 is 1.09 bits per heavy atom. The number of sulfonamides is 1. The number of rotatable bonds is 4. The van der Waals surface area contributed by atoms with Gasteiger partial charge in [0, 0.05) is 11.8 Å². The van der Waals surface area contributed by atoms with Gasteiger partial charge in [-0.05, 0) is 50.1 Å². The lowest BCUT2D eigenvalue weighted by Gasteiger charge is -2.37. The molecule has 0 amide bonds. The first-order chi connectivity index (χ1) is 10.9. The van der Waals surface area contributed by atoms with E-state index < -0.39 is 10.0 Å². The zero-order valence-electron chi connectivity index (χ0n) is 13.5. The third kappa shape index (κ3) is 3.23. The van der Waals surface area contributed by atoms with Crippen LogP contribution >= 0.6 is 0 Å². The van der Waals surface area contributed by atoms with Gasteiger partial charge in [-0.3, -0.25) is 0 Å². The van der Waals surface area contributed by atoms with Crippen LogP contribution in [0, 0.1) is 20.8 Å². The molecular weight excluding hydrogens is 312 g/mol. The van der Waals surface area contributed by atoms with E-state index >= 15 is 0 Å². The maximum absolute atomic E-state index is 12.6. The minimum absolute atomic E-state index is 0.148. The monoisotopic (exact) mass is 332 g/mol. The summed E-state index contributed by atoms with van der Waals surface area (Å²) in [5.41, 5.74) is 2.93. The summed E-state index contributed by atoms with van der Waals surface area (Å²) in [5, 5.41) is 0. The molecule has 0 atom stereocenters. The highest BCUT2D eigenvalue weighted by Gasteiger charge is 2.38. The van der Waals surface area contributed by atoms with Crippen LogP contribution in [0.1, 0.15) is 16.8 Å². The summed E-state index contributed by atoms with van der Waals surface area (Å²) in [6.45, 7) is 6.48. The average Bonchev–Trinajstić information content (AvgIpc) is 2.45. The summed E-state index contributed by atoms with van der Waals surface area (Å²) >= 11 is 0. The Bertz CT molecular complexity index is 827. The molecule has 1 aromatic heterocycles. The van der Waals surface area contributed by atoms with E-state index in [1.54, 1.807) is 18.2 Å². The highest BCUT2D eigenvalue weighted by molar-refractivity contribution is 7.89. The molecule has 1 aliphatic rings. The van der Waals surface area contributed by atoms with Gasteiger partial charge in [0.15, 0.2) is 0 Å². The Morgan fingerprint density at radius 3 is 2.48 bits per heavy atom. The molecule has 5 nitrogen and oxygen atoms in total. The highest BCUT2D eigenvalue weighted by Crippen LogP contribution is 2.25. The zero-order chi connectivity index (χ0) is 16.6. The van der Waals surface area contributed by atoms with Crippen LogP contribution in [0.4, 0.5) is 0 Å². The van der Waals surface area contributed by atoms with Gasteiger partial charge in [0.05, 0.1) is 18.0 Å². The van der Waals surface area contributed by atoms with Crippen molar-refractivity contribution in [1.82, 2.24) is 9.29 Å². The van der Waals surface area contributed by atoms with Crippen molar-refractivity contribution in [3.63, 3.8) is 0 Å². The summed E-state index contributed by atoms with van der Waals surface area (Å²) in [5.74, 6) is 0.540. The number of nitrogens with zero attached hydrogens (tertiary/aromatic N) is 2. The second-order valence-electron chi connectivity index (χ2n) is 5.93. The lowest BCUT2D eigenvalue weighted by atomic mass is 10.1. The second kappa shape index (κ2) is 5.94. The van der Waals surface area contributed by atoms with Crippen molar-refractivity contribution in [2.24, 2.45) is 0 Å². The number of hydrogen-bond donors (Lipinski definition) is 0. The summed E-state index contributed by atoms with van der Waals surface area (Å²) < 4.78 is 32.3. The van der Waals surface area contributed by atoms with Gasteiger partial charge >= 0.3 is 0 Å². The summed E-state index contributed by atoms with van der Waals surface area (Å²) in [6.07, 6.45) is -0.148. The summed E-state index contributed by atoms with van der Waals surface area (Å²) in [7, 11) is -3.44. The molecule has 1 aliphatic heterocycles. The van der Waals surface area contributed by atoms with Gasteiger partial charge in [-0.25, -0.2) is 13.4 Å². The first-order valence-corrected chi connectivity index (χ1v) is 8.98. The first kappa shape index (κ1) is 16.0. The van der Waals surface area contributed by atoms with Crippen molar-refractivity contribution in [2.45, 2.75) is 31.8 Å². The van der Waals surface area contributed by atoms with E-state index in [0.717, 1.165) is 16.8 Å². The van der Waals surface area contributed by atoms with Crippen molar-refractivity contribution in [3.05, 3.63) is 53.2 Å². The molecule has 0 bridgehead atoms. The predicted molar refractivity (Wildman–Crippen MR) is 88.1 cm³/mol. The van der Waals surface area contributed by atoms with Crippen LogP contribution in [0.25, 0.3) is 0 Å². The third-order valence-corrected chi connectivity index (χ3v) is 5.91. The smallest absolute Gasteiger partial charge is 0.243 e. The van der Waals surface area contributed by atoms with E-state index in [9.17, 15) is 8.42 Å². The fourth-order valence-corrected chi connectivity index (χ4v) is 4.04. The lowest BCUT2D eigenvalue weighted by molar-refractivity contribution is 0.0719. The number of ether oxygens (including phenoxy) is 1. The molecule has 0 spiro atoms. The molecule has 122 valence electrons. The van der Waals surface area contributed by atoms with Crippen molar-refractivity contribution < 1.29 is 13.2 Å². The van der Waals surface area contributed by atoms with Gasteiger partial charge < -0.3 is 4.74 Å². The number of benzene rings is 1. The van der Waals surface area contributed by atoms with E-state index in [4.69, 9.17) is 4.74 Å². The van der Waals surface area contributed by atoms with E-state index in [-0.39, 0.29) is 6.10 Å². The van der Waals surface area contributed by atoms with Crippen LogP contribution in [0.3, 0.4) is 0 Å². The normalized spacial score (nSPS) is 16.1. The zero-order valence-corrected chi connectivity index (χ0v) is 14.3. The third-order valence-electron chi connectivity index (χ3n) is 4.08. The quantitative estimate of drug-likeness (QED) is 0.863. The molecule has 0 saturated carbocycles. The Balaban J connectivity index is 1.67. The number of pyridine rings is 1. The van der Waals surface area contributed by atoms with Gasteiger partial charge in [-0.1, -0.05) is 12.1 Å². The SMILES string of the molecule is Cc1cccc(OC2CN(S(=O)(=O)c3ccc(C)c(C)c3)C2)n1. The van der Waals surface area contributed by atoms with Crippen molar-refractivity contribution in [3.8, 4) is 5.88 Å². The molecule has 6 heteroatoms. The van der Waals surface area contributed by atoms with Gasteiger partial charge in [-0.2, -0.15) is 4.31 Å². The molecule has 0 unspecified atom stereocenters. The molecular formula is C17H20N2O3S. The van der Waals surface area contributed by atoms with Gasteiger partial charge in [0.25, 0.3) is 0 Å². The summed E-state index contributed by atoms with van der Waals surface area (Å²) in [6, 6.07) is 10.8. The largest absolute Gasteiger partial charge is 0.472 e. The van der Waals surface area contributed by atoms with Gasteiger partial charge in [0.1, 0.15) is 6.10 Å². The molecule has 0 radical (unpaired) electrons. The molecule has 0 N–H and O–H groups in total. The molecule has 1 saturated heterocycles. The fourth-order valence-electron chi connectivity index (χ4n) is 2.45. The van der Waals surface area contributed by atoms with Crippen LogP contribution in [0.5, 0.6) is 5.88 Å². The standard InChI is InChI=1S/C17H20N2O3S/c1-12-7-8-16(9-13(12)2)23(20,21)19-10-15(11-19)22-17-6-4-5-14(3)18-17/h4-9,15H,10-11H2,1-3H3. The van der Waals surface area contributed by atoms with Gasteiger partial charge in [0.2, 0.25) is 15.9 Å². The van der Waals surface area contributed by atoms with Crippen LogP contribution in [0.2, 0.25) is 0 Å². The molecule has 3 rings (SSSR count). The van der Waals surface area contributed by atoms with Crippen LogP contribution in [0.15, 0.2) is 41.3 Å². The molecule has 2 aromatic rings. The first-order valence-electron chi connectivity index (χ1n) is 7.54. The van der Waals surface area contributed by atoms with Crippen molar-refractivity contribution in [1.29, 1.82) is 0 Å². The number of aryl methyl sites for hydroxylation is 3. The Kier molecular flexibility index (Phi) is 4.12. The minimum Gasteiger partial charge on any atom is -0.472 e. The molecule has 2 heterocycles. The van der Waals surface area contributed by atoms with E-state index in [2.05, 4.69) is 4.98 Å².